The summed E-state index contributed by atoms with van der Waals surface area (Å²) in [6.07, 6.45) is 15.6. The molecule has 8 aromatic carbocycles. The molecule has 0 amide bonds. The highest BCUT2D eigenvalue weighted by atomic mass is 16.5. The molecule has 588 valence electrons. The van der Waals surface area contributed by atoms with Crippen molar-refractivity contribution < 1.29 is 38.2 Å². The van der Waals surface area contributed by atoms with Crippen LogP contribution >= 0.6 is 0 Å². The van der Waals surface area contributed by atoms with Crippen LogP contribution in [-0.2, 0) is 45.4 Å². The summed E-state index contributed by atoms with van der Waals surface area (Å²) in [6, 6.07) is 38.9. The Morgan fingerprint density at radius 1 is 0.381 bits per heavy atom. The molecule has 6 heterocycles. The number of ketones is 5. The van der Waals surface area contributed by atoms with E-state index < -0.39 is 0 Å². The molecule has 0 spiro atoms. The van der Waals surface area contributed by atoms with Crippen molar-refractivity contribution in [1.82, 2.24) is 37.9 Å². The first-order valence-corrected chi connectivity index (χ1v) is 40.6. The van der Waals surface area contributed by atoms with Crippen LogP contribution in [0.25, 0.3) is 104 Å². The molecule has 5 aliphatic rings. The van der Waals surface area contributed by atoms with E-state index >= 15 is 0 Å². The fourth-order valence-electron chi connectivity index (χ4n) is 19.0. The van der Waals surface area contributed by atoms with E-state index in [2.05, 4.69) is 161 Å². The van der Waals surface area contributed by atoms with Gasteiger partial charge in [-0.1, -0.05) is 37.9 Å². The zero-order valence-corrected chi connectivity index (χ0v) is 69.1. The molecule has 3 aliphatic carbocycles. The Morgan fingerprint density at radius 2 is 0.690 bits per heavy atom. The van der Waals surface area contributed by atoms with Gasteiger partial charge in [0.1, 0.15) is 17.2 Å². The number of nitrogens with zero attached hydrogens (tertiary/aromatic N) is 8. The number of carbonyl (C=O) groups excluding carboxylic acids is 5. The first-order valence-electron chi connectivity index (χ1n) is 40.6. The number of ether oxygens (including phenoxy) is 3. The van der Waals surface area contributed by atoms with Crippen LogP contribution in [0.4, 0.5) is 0 Å². The minimum absolute atomic E-state index is 0.0317. The lowest BCUT2D eigenvalue weighted by molar-refractivity contribution is 0.100. The quantitative estimate of drug-likeness (QED) is 0.0595. The van der Waals surface area contributed by atoms with E-state index in [1.807, 2.05) is 48.5 Å². The monoisotopic (exact) mass is 1520 g/mol. The lowest BCUT2D eigenvalue weighted by atomic mass is 10.00. The van der Waals surface area contributed by atoms with Crippen LogP contribution < -0.4 is 14.2 Å². The number of aromatic nitrogens is 4. The van der Waals surface area contributed by atoms with Gasteiger partial charge in [0.2, 0.25) is 0 Å². The maximum atomic E-state index is 12.3. The normalized spacial score (nSPS) is 16.1. The van der Waals surface area contributed by atoms with E-state index in [1.165, 1.54) is 143 Å². The number of methoxy groups -OCH3 is 3. The molecule has 2 fully saturated rings. The number of Topliss-reactive ketones (excluding diaryl/α,β-unsaturated/α-hetero) is 5. The SMILES string of the molecule is C=C1CCc2c1ccc1c2c2cc(C(C)=O)c(OC)cc2n1CCCN(C)C.C=C1CCc2c1ccc1c2c2cc(C(C)=O)ccc2n1CCC1CCCN1C.C=C1CCc2c1ccc1c2c2cc(C(C)=O)ccc2n1CCCN(C)C.COc1cc2c(cc1C(C)=O)c1cc(C(C)=O)c(OC)cc1n2CCC1CCCN1C. The van der Waals surface area contributed by atoms with Gasteiger partial charge in [-0.2, -0.15) is 0 Å². The number of rotatable bonds is 22. The second kappa shape index (κ2) is 33.1. The van der Waals surface area contributed by atoms with Crippen molar-refractivity contribution in [2.24, 2.45) is 0 Å². The summed E-state index contributed by atoms with van der Waals surface area (Å²) in [5.74, 6) is 1.98. The van der Waals surface area contributed by atoms with Crippen molar-refractivity contribution in [3.8, 4) is 17.2 Å². The number of allylic oxidation sites excluding steroid dienone is 3. The number of carbonyl (C=O) groups is 5. The van der Waals surface area contributed by atoms with Crippen molar-refractivity contribution in [3.05, 3.63) is 190 Å². The Hall–Kier alpha value is -10.2. The van der Waals surface area contributed by atoms with Gasteiger partial charge in [-0.05, 0) is 316 Å². The average molecular weight is 1520 g/mol. The molecule has 2 aliphatic heterocycles. The van der Waals surface area contributed by atoms with Gasteiger partial charge in [0, 0.05) is 138 Å². The number of hydrogen-bond donors (Lipinski definition) is 0. The summed E-state index contributed by atoms with van der Waals surface area (Å²) in [5, 5.41) is 9.44. The zero-order chi connectivity index (χ0) is 80.1. The molecule has 2 atom stereocenters. The molecule has 113 heavy (non-hydrogen) atoms. The van der Waals surface area contributed by atoms with Gasteiger partial charge in [-0.3, -0.25) is 24.0 Å². The largest absolute Gasteiger partial charge is 0.496 e. The number of benzene rings is 8. The van der Waals surface area contributed by atoms with Crippen LogP contribution in [0, 0.1) is 0 Å². The lowest BCUT2D eigenvalue weighted by Crippen LogP contribution is -2.26. The van der Waals surface area contributed by atoms with E-state index in [0.29, 0.717) is 46.0 Å². The molecular formula is C97H112N8O8. The van der Waals surface area contributed by atoms with E-state index in [1.54, 1.807) is 55.9 Å². The van der Waals surface area contributed by atoms with Gasteiger partial charge in [0.05, 0.1) is 54.6 Å². The van der Waals surface area contributed by atoms with Gasteiger partial charge in [0.15, 0.2) is 28.9 Å². The fourth-order valence-corrected chi connectivity index (χ4v) is 19.0. The lowest BCUT2D eigenvalue weighted by Gasteiger charge is -2.20. The van der Waals surface area contributed by atoms with Gasteiger partial charge in [-0.25, -0.2) is 0 Å². The van der Waals surface area contributed by atoms with Crippen LogP contribution in [-0.4, -0.2) is 169 Å². The molecule has 2 saturated heterocycles. The fraction of sp³-hybridized carbons (Fsp3) is 0.392. The summed E-state index contributed by atoms with van der Waals surface area (Å²) in [4.78, 5) is 70.1. The van der Waals surface area contributed by atoms with Crippen LogP contribution in [0.3, 0.4) is 0 Å². The third-order valence-corrected chi connectivity index (χ3v) is 25.1. The minimum atomic E-state index is -0.0486. The number of aryl methyl sites for hydroxylation is 7. The third kappa shape index (κ3) is 15.2. The van der Waals surface area contributed by atoms with Crippen molar-refractivity contribution in [1.29, 1.82) is 0 Å². The average Bonchev–Trinajstić information content (AvgIpc) is 1.59. The predicted molar refractivity (Wildman–Crippen MR) is 466 cm³/mol. The van der Waals surface area contributed by atoms with Gasteiger partial charge in [-0.15, -0.1) is 0 Å². The Balaban J connectivity index is 0.000000125. The molecule has 4 aromatic heterocycles. The summed E-state index contributed by atoms with van der Waals surface area (Å²) in [6.45, 7) is 29.0. The summed E-state index contributed by atoms with van der Waals surface area (Å²) in [5.41, 5.74) is 24.6. The number of likely N-dealkylation sites (tertiary alicyclic amines) is 2. The zero-order valence-electron chi connectivity index (χ0n) is 69.1. The second-order valence-corrected chi connectivity index (χ2v) is 32.8. The maximum Gasteiger partial charge on any atom is 0.163 e. The first kappa shape index (κ1) is 79.4. The Bertz CT molecular complexity index is 5790. The van der Waals surface area contributed by atoms with Crippen molar-refractivity contribution in [3.63, 3.8) is 0 Å². The highest BCUT2D eigenvalue weighted by molar-refractivity contribution is 6.18. The molecule has 16 nitrogen and oxygen atoms in total. The van der Waals surface area contributed by atoms with Crippen molar-refractivity contribution >= 4 is 133 Å². The topological polar surface area (TPSA) is 146 Å². The molecule has 2 unspecified atom stereocenters. The van der Waals surface area contributed by atoms with Gasteiger partial charge in [0.25, 0.3) is 0 Å². The van der Waals surface area contributed by atoms with E-state index in [0.717, 1.165) is 147 Å². The molecule has 0 bridgehead atoms. The predicted octanol–water partition coefficient (Wildman–Crippen LogP) is 20.0. The van der Waals surface area contributed by atoms with Crippen LogP contribution in [0.15, 0.2) is 129 Å². The van der Waals surface area contributed by atoms with Crippen LogP contribution in [0.5, 0.6) is 17.2 Å². The van der Waals surface area contributed by atoms with E-state index in [-0.39, 0.29) is 28.9 Å². The molecule has 16 heteroatoms. The molecular weight excluding hydrogens is 1410 g/mol. The summed E-state index contributed by atoms with van der Waals surface area (Å²) in [7, 11) is 17.7. The molecule has 17 rings (SSSR count). The third-order valence-electron chi connectivity index (χ3n) is 25.1. The Kier molecular flexibility index (Phi) is 23.2. The highest BCUT2D eigenvalue weighted by Crippen LogP contribution is 2.46. The number of hydrogen-bond acceptors (Lipinski definition) is 12. The summed E-state index contributed by atoms with van der Waals surface area (Å²) < 4.78 is 26.2. The van der Waals surface area contributed by atoms with Crippen LogP contribution in [0.2, 0.25) is 0 Å². The van der Waals surface area contributed by atoms with Gasteiger partial charge >= 0.3 is 0 Å². The molecule has 0 radical (unpaired) electrons. The highest BCUT2D eigenvalue weighted by Gasteiger charge is 2.30. The Morgan fingerprint density at radius 3 is 1.01 bits per heavy atom. The molecule has 0 N–H and O–H groups in total. The van der Waals surface area contributed by atoms with Gasteiger partial charge < -0.3 is 52.1 Å². The van der Waals surface area contributed by atoms with E-state index in [4.69, 9.17) is 14.2 Å². The maximum absolute atomic E-state index is 12.3. The van der Waals surface area contributed by atoms with Crippen LogP contribution in [0.1, 0.15) is 190 Å². The smallest absolute Gasteiger partial charge is 0.163 e. The minimum Gasteiger partial charge on any atom is -0.496 e. The van der Waals surface area contributed by atoms with Crippen molar-refractivity contribution in [2.75, 3.05) is 89.8 Å². The first-order chi connectivity index (χ1) is 54.3. The summed E-state index contributed by atoms with van der Waals surface area (Å²) >= 11 is 0. The van der Waals surface area contributed by atoms with Crippen molar-refractivity contribution in [2.45, 2.75) is 163 Å². The second-order valence-electron chi connectivity index (χ2n) is 32.8. The Labute approximate surface area is 665 Å². The standard InChI is InChI=1S/C25H30N2O4.C25H28N2O.C24H28N2O2.C23H26N2O/c1-15(28)18-11-20-21-12-19(16(2)29)25(31-5)14-23(21)27(22(20)13-24(18)30-4)10-8-17-7-6-9-26(17)3;1-16-6-8-21-20(16)9-11-24-25(21)22-15-18(17(2)28)7-10-23(22)27(24)14-12-19-5-4-13-26(19)3;1-15-7-8-18-17(15)9-10-21-24(18)20-13-19(16(2)27)23(28-5)14-22(20)26(21)12-6-11-25(3)4;1-15-6-8-19-18(15)9-11-22-23(19)20-14-17(16(2)26)7-10-21(20)25(22)13-5-12-24(3)4/h11-14,17H,6-10H2,1-5H3;7,9-11,15,19H,1,4-6,8,12-14H2,2-3H3;9-10,13-14H,1,6-8,11-12H2,2-5H3;7,9-11,14H,1,5-6,8,12-13H2,2-4H3. The number of fused-ring (bicyclic) bond motifs is 18. The molecule has 0 saturated carbocycles. The molecule has 12 aromatic rings. The van der Waals surface area contributed by atoms with E-state index in [9.17, 15) is 24.0 Å².